The molecule has 1 saturated carbocycles. The van der Waals surface area contributed by atoms with E-state index in [0.29, 0.717) is 37.2 Å². The number of aromatic amines is 1. The number of anilines is 1. The van der Waals surface area contributed by atoms with Crippen LogP contribution in [-0.4, -0.2) is 35.8 Å². The van der Waals surface area contributed by atoms with Gasteiger partial charge < -0.3 is 29.4 Å². The average molecular weight is 491 g/mol. The van der Waals surface area contributed by atoms with Gasteiger partial charge in [0, 0.05) is 6.54 Å². The van der Waals surface area contributed by atoms with Crippen molar-refractivity contribution in [2.24, 2.45) is 0 Å². The van der Waals surface area contributed by atoms with Crippen molar-refractivity contribution in [2.75, 3.05) is 18.7 Å². The molecule has 1 aromatic heterocycles. The number of methoxy groups -OCH3 is 1. The highest BCUT2D eigenvalue weighted by atomic mass is 16.5. The van der Waals surface area contributed by atoms with Crippen LogP contribution >= 0.6 is 0 Å². The average Bonchev–Trinajstić information content (AvgIpc) is 3.57. The second-order valence-electron chi connectivity index (χ2n) is 9.94. The van der Waals surface area contributed by atoms with Gasteiger partial charge in [0.05, 0.1) is 26.5 Å². The summed E-state index contributed by atoms with van der Waals surface area (Å²) in [5.41, 5.74) is 1.87. The Hall–Kier alpha value is -3.52. The number of nitrogens with one attached hydrogen (secondary N) is 2. The number of amides is 1. The molecule has 36 heavy (non-hydrogen) atoms. The van der Waals surface area contributed by atoms with Gasteiger partial charge in [-0.15, -0.1) is 0 Å². The van der Waals surface area contributed by atoms with Crippen molar-refractivity contribution >= 4 is 11.7 Å². The summed E-state index contributed by atoms with van der Waals surface area (Å²) in [6.45, 7) is 5.29. The lowest BCUT2D eigenvalue weighted by atomic mass is 10.1. The number of carbonyl (C=O) groups is 1. The maximum absolute atomic E-state index is 12.6. The van der Waals surface area contributed by atoms with E-state index in [1.165, 1.54) is 12.8 Å². The van der Waals surface area contributed by atoms with Crippen molar-refractivity contribution in [2.45, 2.75) is 64.4 Å². The zero-order chi connectivity index (χ0) is 25.1. The molecule has 0 unspecified atom stereocenters. The fraction of sp³-hybridized carbons (Fsp3) is 0.429. The number of nitrogens with zero attached hydrogens (tertiary/aromatic N) is 2. The minimum absolute atomic E-state index is 0.168. The van der Waals surface area contributed by atoms with E-state index in [1.54, 1.807) is 7.11 Å². The molecule has 5 rings (SSSR count). The molecule has 190 valence electrons. The number of carbonyl (C=O) groups excluding carboxylic acids is 1. The predicted octanol–water partition coefficient (Wildman–Crippen LogP) is 4.90. The van der Waals surface area contributed by atoms with Gasteiger partial charge in [-0.3, -0.25) is 4.79 Å². The van der Waals surface area contributed by atoms with Crippen LogP contribution in [0.15, 0.2) is 48.5 Å². The molecule has 8 nitrogen and oxygen atoms in total. The van der Waals surface area contributed by atoms with E-state index in [4.69, 9.17) is 19.2 Å². The van der Waals surface area contributed by atoms with Crippen LogP contribution in [0.4, 0.5) is 5.82 Å². The predicted molar refractivity (Wildman–Crippen MR) is 137 cm³/mol. The summed E-state index contributed by atoms with van der Waals surface area (Å²) in [7, 11) is 1.66. The lowest BCUT2D eigenvalue weighted by Gasteiger charge is -2.28. The minimum Gasteiger partial charge on any atom is -0.493 e. The first-order chi connectivity index (χ1) is 17.4. The third kappa shape index (κ3) is 5.18. The Balaban J connectivity index is 1.35. The molecule has 8 heteroatoms. The first-order valence-corrected chi connectivity index (χ1v) is 12.6. The number of hydrogen-bond donors (Lipinski definition) is 2. The van der Waals surface area contributed by atoms with Crippen LogP contribution in [0.2, 0.25) is 0 Å². The maximum atomic E-state index is 12.6. The van der Waals surface area contributed by atoms with Crippen molar-refractivity contribution in [1.82, 2.24) is 15.3 Å². The molecule has 2 aliphatic rings. The maximum Gasteiger partial charge on any atom is 0.272 e. The Morgan fingerprint density at radius 2 is 1.83 bits per heavy atom. The molecule has 0 saturated heterocycles. The number of imidazole rings is 1. The highest BCUT2D eigenvalue weighted by molar-refractivity contribution is 5.99. The minimum atomic E-state index is -0.707. The Kier molecular flexibility index (Phi) is 6.87. The molecule has 0 bridgehead atoms. The normalized spacial score (nSPS) is 16.1. The molecule has 1 aliphatic heterocycles. The highest BCUT2D eigenvalue weighted by Crippen LogP contribution is 2.34. The van der Waals surface area contributed by atoms with E-state index < -0.39 is 5.60 Å². The monoisotopic (exact) mass is 490 g/mol. The standard InChI is InChI=1S/C28H34N4O4/c1-28(2,35-17-19-9-5-4-6-10-19)27-30-24-25(31-27)32(18-29-26(24)33)16-20-13-14-22(34-3)23(15-20)36-21-11-7-8-12-21/h4-6,9-10,13-15,21H,7-8,11-12,16-18H2,1-3H3,(H,29,33)(H,30,31). The molecule has 3 aromatic rings. The lowest BCUT2D eigenvalue weighted by Crippen LogP contribution is -2.43. The van der Waals surface area contributed by atoms with E-state index in [9.17, 15) is 4.79 Å². The molecule has 1 fully saturated rings. The van der Waals surface area contributed by atoms with Gasteiger partial charge in [-0.25, -0.2) is 4.98 Å². The van der Waals surface area contributed by atoms with E-state index in [-0.39, 0.29) is 12.0 Å². The van der Waals surface area contributed by atoms with E-state index in [0.717, 1.165) is 35.5 Å². The summed E-state index contributed by atoms with van der Waals surface area (Å²) in [6, 6.07) is 16.0. The fourth-order valence-corrected chi connectivity index (χ4v) is 4.72. The van der Waals surface area contributed by atoms with Crippen LogP contribution in [0.1, 0.15) is 67.0 Å². The molecule has 0 atom stereocenters. The van der Waals surface area contributed by atoms with Gasteiger partial charge in [-0.1, -0.05) is 36.4 Å². The topological polar surface area (TPSA) is 88.7 Å². The van der Waals surface area contributed by atoms with Gasteiger partial charge in [0.25, 0.3) is 5.91 Å². The smallest absolute Gasteiger partial charge is 0.272 e. The summed E-state index contributed by atoms with van der Waals surface area (Å²) in [4.78, 5) is 22.7. The number of rotatable bonds is 9. The van der Waals surface area contributed by atoms with Crippen LogP contribution in [-0.2, 0) is 23.5 Å². The van der Waals surface area contributed by atoms with Gasteiger partial charge in [0.15, 0.2) is 17.3 Å². The van der Waals surface area contributed by atoms with Crippen LogP contribution in [0.3, 0.4) is 0 Å². The summed E-state index contributed by atoms with van der Waals surface area (Å²) >= 11 is 0. The van der Waals surface area contributed by atoms with Gasteiger partial charge >= 0.3 is 0 Å². The zero-order valence-corrected chi connectivity index (χ0v) is 21.2. The molecule has 2 aromatic carbocycles. The van der Waals surface area contributed by atoms with Crippen molar-refractivity contribution in [1.29, 1.82) is 0 Å². The third-order valence-corrected chi connectivity index (χ3v) is 6.85. The van der Waals surface area contributed by atoms with Crippen LogP contribution in [0, 0.1) is 0 Å². The molecule has 1 aliphatic carbocycles. The third-order valence-electron chi connectivity index (χ3n) is 6.85. The van der Waals surface area contributed by atoms with Crippen molar-refractivity contribution < 1.29 is 19.0 Å². The molecular formula is C28H34N4O4. The van der Waals surface area contributed by atoms with Crippen molar-refractivity contribution in [3.8, 4) is 11.5 Å². The summed E-state index contributed by atoms with van der Waals surface area (Å²) in [5.74, 6) is 2.57. The Bertz CT molecular complexity index is 1200. The molecule has 2 heterocycles. The molecule has 2 N–H and O–H groups in total. The lowest BCUT2D eigenvalue weighted by molar-refractivity contribution is -0.0394. The second kappa shape index (κ2) is 10.2. The van der Waals surface area contributed by atoms with Gasteiger partial charge in [0.1, 0.15) is 17.1 Å². The zero-order valence-electron chi connectivity index (χ0n) is 21.2. The fourth-order valence-electron chi connectivity index (χ4n) is 4.72. The van der Waals surface area contributed by atoms with Crippen LogP contribution in [0.25, 0.3) is 0 Å². The van der Waals surface area contributed by atoms with Crippen molar-refractivity contribution in [3.63, 3.8) is 0 Å². The quantitative estimate of drug-likeness (QED) is 0.444. The summed E-state index contributed by atoms with van der Waals surface area (Å²) in [6.07, 6.45) is 4.80. The largest absolute Gasteiger partial charge is 0.493 e. The number of ether oxygens (including phenoxy) is 3. The van der Waals surface area contributed by atoms with E-state index in [1.807, 2.05) is 67.3 Å². The first kappa shape index (κ1) is 24.2. The van der Waals surface area contributed by atoms with E-state index in [2.05, 4.69) is 10.3 Å². The molecule has 0 radical (unpaired) electrons. The van der Waals surface area contributed by atoms with Crippen LogP contribution < -0.4 is 19.7 Å². The molecule has 0 spiro atoms. The number of H-pyrrole nitrogens is 1. The Morgan fingerprint density at radius 3 is 2.58 bits per heavy atom. The van der Waals surface area contributed by atoms with Crippen LogP contribution in [0.5, 0.6) is 11.5 Å². The number of aromatic nitrogens is 2. The van der Waals surface area contributed by atoms with Gasteiger partial charge in [0.2, 0.25) is 0 Å². The summed E-state index contributed by atoms with van der Waals surface area (Å²) in [5, 5.41) is 2.95. The van der Waals surface area contributed by atoms with Crippen molar-refractivity contribution in [3.05, 3.63) is 71.2 Å². The first-order valence-electron chi connectivity index (χ1n) is 12.6. The molecule has 1 amide bonds. The number of fused-ring (bicyclic) bond motifs is 1. The Morgan fingerprint density at radius 1 is 1.06 bits per heavy atom. The Labute approximate surface area is 212 Å². The molecular weight excluding hydrogens is 456 g/mol. The SMILES string of the molecule is COc1ccc(CN2CNC(=O)c3[nH]c(C(C)(C)OCc4ccccc4)nc32)cc1OC1CCCC1. The highest BCUT2D eigenvalue weighted by Gasteiger charge is 2.33. The number of hydrogen-bond acceptors (Lipinski definition) is 6. The van der Waals surface area contributed by atoms with Gasteiger partial charge in [-0.05, 0) is 62.8 Å². The van der Waals surface area contributed by atoms with Gasteiger partial charge in [-0.2, -0.15) is 0 Å². The second-order valence-corrected chi connectivity index (χ2v) is 9.94. The summed E-state index contributed by atoms with van der Waals surface area (Å²) < 4.78 is 18.0. The van der Waals surface area contributed by atoms with E-state index >= 15 is 0 Å². The number of benzene rings is 2.